The van der Waals surface area contributed by atoms with Crippen molar-refractivity contribution in [3.8, 4) is 0 Å². The standard InChI is InChI=1S/C20H23NO4/c1-14(2)25-13-16-8-10-17(11-9-16)19(22)21-18(20(23)24)12-15-6-4-3-5-7-15/h3-11,14,18H,12-13H2,1-2H3,(H,21,22)(H,23,24)/t18-/m0/s1. The Labute approximate surface area is 147 Å². The highest BCUT2D eigenvalue weighted by Crippen LogP contribution is 2.09. The van der Waals surface area contributed by atoms with E-state index >= 15 is 0 Å². The maximum absolute atomic E-state index is 12.3. The second-order valence-electron chi connectivity index (χ2n) is 6.11. The van der Waals surface area contributed by atoms with Gasteiger partial charge in [-0.1, -0.05) is 42.5 Å². The fraction of sp³-hybridized carbons (Fsp3) is 0.300. The highest BCUT2D eigenvalue weighted by atomic mass is 16.5. The number of hydrogen-bond donors (Lipinski definition) is 2. The lowest BCUT2D eigenvalue weighted by Crippen LogP contribution is -2.42. The molecule has 2 aromatic carbocycles. The molecule has 0 aliphatic carbocycles. The zero-order valence-corrected chi connectivity index (χ0v) is 14.4. The third-order valence-electron chi connectivity index (χ3n) is 3.69. The lowest BCUT2D eigenvalue weighted by atomic mass is 10.1. The molecule has 0 heterocycles. The second-order valence-corrected chi connectivity index (χ2v) is 6.11. The largest absolute Gasteiger partial charge is 0.480 e. The number of nitrogens with one attached hydrogen (secondary N) is 1. The topological polar surface area (TPSA) is 75.6 Å². The fourth-order valence-electron chi connectivity index (χ4n) is 2.31. The van der Waals surface area contributed by atoms with Gasteiger partial charge in [-0.15, -0.1) is 0 Å². The van der Waals surface area contributed by atoms with Gasteiger partial charge in [0.25, 0.3) is 5.91 Å². The van der Waals surface area contributed by atoms with Crippen LogP contribution in [0.2, 0.25) is 0 Å². The first-order valence-electron chi connectivity index (χ1n) is 8.24. The molecule has 0 bridgehead atoms. The average molecular weight is 341 g/mol. The van der Waals surface area contributed by atoms with Crippen molar-refractivity contribution in [2.24, 2.45) is 0 Å². The molecule has 0 aromatic heterocycles. The van der Waals surface area contributed by atoms with Crippen LogP contribution in [0.3, 0.4) is 0 Å². The van der Waals surface area contributed by atoms with Crippen LogP contribution in [0.5, 0.6) is 0 Å². The smallest absolute Gasteiger partial charge is 0.326 e. The van der Waals surface area contributed by atoms with E-state index in [4.69, 9.17) is 4.74 Å². The summed E-state index contributed by atoms with van der Waals surface area (Å²) < 4.78 is 5.51. The van der Waals surface area contributed by atoms with Crippen LogP contribution >= 0.6 is 0 Å². The van der Waals surface area contributed by atoms with E-state index < -0.39 is 17.9 Å². The van der Waals surface area contributed by atoms with Gasteiger partial charge < -0.3 is 15.2 Å². The van der Waals surface area contributed by atoms with E-state index in [1.165, 1.54) is 0 Å². The molecule has 0 saturated carbocycles. The number of carbonyl (C=O) groups excluding carboxylic acids is 1. The van der Waals surface area contributed by atoms with Crippen molar-refractivity contribution < 1.29 is 19.4 Å². The molecular formula is C20H23NO4. The van der Waals surface area contributed by atoms with E-state index in [9.17, 15) is 14.7 Å². The van der Waals surface area contributed by atoms with E-state index in [1.807, 2.05) is 56.3 Å². The van der Waals surface area contributed by atoms with Gasteiger partial charge in [-0.05, 0) is 37.1 Å². The SMILES string of the molecule is CC(C)OCc1ccc(C(=O)N[C@@H](Cc2ccccc2)C(=O)O)cc1. The first-order chi connectivity index (χ1) is 12.0. The number of aliphatic carboxylic acids is 1. The van der Waals surface area contributed by atoms with Crippen molar-refractivity contribution in [2.45, 2.75) is 39.0 Å². The zero-order chi connectivity index (χ0) is 18.2. The van der Waals surface area contributed by atoms with Crippen molar-refractivity contribution in [3.05, 3.63) is 71.3 Å². The summed E-state index contributed by atoms with van der Waals surface area (Å²) in [6.45, 7) is 4.40. The molecule has 132 valence electrons. The van der Waals surface area contributed by atoms with Crippen molar-refractivity contribution in [2.75, 3.05) is 0 Å². The van der Waals surface area contributed by atoms with Crippen LogP contribution in [0.15, 0.2) is 54.6 Å². The van der Waals surface area contributed by atoms with Gasteiger partial charge in [-0.2, -0.15) is 0 Å². The van der Waals surface area contributed by atoms with E-state index in [1.54, 1.807) is 12.1 Å². The molecule has 0 aliphatic rings. The summed E-state index contributed by atoms with van der Waals surface area (Å²) >= 11 is 0. The van der Waals surface area contributed by atoms with Crippen LogP contribution in [-0.4, -0.2) is 29.1 Å². The molecule has 2 aromatic rings. The third-order valence-corrected chi connectivity index (χ3v) is 3.69. The van der Waals surface area contributed by atoms with Crippen molar-refractivity contribution in [1.82, 2.24) is 5.32 Å². The minimum atomic E-state index is -1.06. The number of benzene rings is 2. The molecule has 0 spiro atoms. The van der Waals surface area contributed by atoms with Crippen LogP contribution in [0.4, 0.5) is 0 Å². The molecule has 25 heavy (non-hydrogen) atoms. The highest BCUT2D eigenvalue weighted by molar-refractivity contribution is 5.96. The Hall–Kier alpha value is -2.66. The van der Waals surface area contributed by atoms with Crippen LogP contribution in [0.1, 0.15) is 35.3 Å². The van der Waals surface area contributed by atoms with Crippen molar-refractivity contribution in [1.29, 1.82) is 0 Å². The van der Waals surface area contributed by atoms with Crippen LogP contribution < -0.4 is 5.32 Å². The van der Waals surface area contributed by atoms with Gasteiger partial charge >= 0.3 is 5.97 Å². The van der Waals surface area contributed by atoms with E-state index in [0.717, 1.165) is 11.1 Å². The molecule has 5 heteroatoms. The number of carboxylic acids is 1. The number of amides is 1. The number of carboxylic acid groups (broad SMARTS) is 1. The Morgan fingerprint density at radius 1 is 1.00 bits per heavy atom. The van der Waals surface area contributed by atoms with Crippen LogP contribution in [-0.2, 0) is 22.6 Å². The predicted octanol–water partition coefficient (Wildman–Crippen LogP) is 3.04. The zero-order valence-electron chi connectivity index (χ0n) is 14.4. The molecule has 0 radical (unpaired) electrons. The summed E-state index contributed by atoms with van der Waals surface area (Å²) in [5, 5.41) is 11.9. The normalized spacial score (nSPS) is 12.0. The minimum Gasteiger partial charge on any atom is -0.480 e. The summed E-state index contributed by atoms with van der Waals surface area (Å²) in [5.74, 6) is -1.46. The van der Waals surface area contributed by atoms with Gasteiger partial charge in [-0.25, -0.2) is 4.79 Å². The Bertz CT molecular complexity index is 695. The summed E-state index contributed by atoms with van der Waals surface area (Å²) in [6, 6.07) is 15.2. The van der Waals surface area contributed by atoms with Gasteiger partial charge in [0.2, 0.25) is 0 Å². The highest BCUT2D eigenvalue weighted by Gasteiger charge is 2.21. The Morgan fingerprint density at radius 3 is 2.20 bits per heavy atom. The maximum Gasteiger partial charge on any atom is 0.326 e. The van der Waals surface area contributed by atoms with E-state index in [0.29, 0.717) is 12.2 Å². The second kappa shape index (κ2) is 8.99. The number of carbonyl (C=O) groups is 2. The molecule has 5 nitrogen and oxygen atoms in total. The molecule has 2 rings (SSSR count). The number of hydrogen-bond acceptors (Lipinski definition) is 3. The average Bonchev–Trinajstić information content (AvgIpc) is 2.60. The quantitative estimate of drug-likeness (QED) is 0.774. The van der Waals surface area contributed by atoms with E-state index in [-0.39, 0.29) is 12.5 Å². The van der Waals surface area contributed by atoms with Gasteiger partial charge in [0.05, 0.1) is 12.7 Å². The third kappa shape index (κ3) is 6.04. The molecular weight excluding hydrogens is 318 g/mol. The minimum absolute atomic E-state index is 0.136. The number of ether oxygens (including phenoxy) is 1. The molecule has 0 aliphatic heterocycles. The molecule has 0 fully saturated rings. The maximum atomic E-state index is 12.3. The van der Waals surface area contributed by atoms with Gasteiger partial charge in [0.1, 0.15) is 6.04 Å². The summed E-state index contributed by atoms with van der Waals surface area (Å²) in [5.41, 5.74) is 2.24. The fourth-order valence-corrected chi connectivity index (χ4v) is 2.31. The lowest BCUT2D eigenvalue weighted by molar-refractivity contribution is -0.139. The lowest BCUT2D eigenvalue weighted by Gasteiger charge is -2.15. The first kappa shape index (κ1) is 18.7. The Morgan fingerprint density at radius 2 is 1.64 bits per heavy atom. The predicted molar refractivity (Wildman–Crippen MR) is 95.4 cm³/mol. The van der Waals surface area contributed by atoms with E-state index in [2.05, 4.69) is 5.32 Å². The van der Waals surface area contributed by atoms with Gasteiger partial charge in [0, 0.05) is 12.0 Å². The molecule has 1 amide bonds. The summed E-state index contributed by atoms with van der Waals surface area (Å²) in [7, 11) is 0. The Balaban J connectivity index is 1.99. The van der Waals surface area contributed by atoms with Crippen LogP contribution in [0, 0.1) is 0 Å². The molecule has 1 atom stereocenters. The van der Waals surface area contributed by atoms with Gasteiger partial charge in [0.15, 0.2) is 0 Å². The van der Waals surface area contributed by atoms with Crippen molar-refractivity contribution >= 4 is 11.9 Å². The monoisotopic (exact) mass is 341 g/mol. The molecule has 0 saturated heterocycles. The van der Waals surface area contributed by atoms with Crippen molar-refractivity contribution in [3.63, 3.8) is 0 Å². The van der Waals surface area contributed by atoms with Crippen LogP contribution in [0.25, 0.3) is 0 Å². The molecule has 2 N–H and O–H groups in total. The van der Waals surface area contributed by atoms with Gasteiger partial charge in [-0.3, -0.25) is 4.79 Å². The first-order valence-corrected chi connectivity index (χ1v) is 8.24. The number of rotatable bonds is 8. The summed E-state index contributed by atoms with van der Waals surface area (Å²) in [6.07, 6.45) is 0.375. The summed E-state index contributed by atoms with van der Waals surface area (Å²) in [4.78, 5) is 23.8. The molecule has 0 unspecified atom stereocenters. The Kier molecular flexibility index (Phi) is 6.71.